The van der Waals surface area contributed by atoms with E-state index < -0.39 is 24.4 Å². The summed E-state index contributed by atoms with van der Waals surface area (Å²) < 4.78 is 41.5. The van der Waals surface area contributed by atoms with Gasteiger partial charge < -0.3 is 38.2 Å². The molecule has 270 valence electrons. The minimum absolute atomic E-state index is 0.00381. The van der Waals surface area contributed by atoms with Crippen LogP contribution in [0.15, 0.2) is 46.6 Å². The molecule has 5 unspecified atom stereocenters. The average Bonchev–Trinajstić information content (AvgIpc) is 3.85. The number of cyclic esters (lactones) is 1. The van der Waals surface area contributed by atoms with Crippen LogP contribution in [0.2, 0.25) is 0 Å². The number of esters is 1. The van der Waals surface area contributed by atoms with Crippen molar-refractivity contribution in [3.63, 3.8) is 0 Å². The van der Waals surface area contributed by atoms with Crippen molar-refractivity contribution in [3.8, 4) is 0 Å². The lowest BCUT2D eigenvalue weighted by Gasteiger charge is -2.44. The van der Waals surface area contributed by atoms with Gasteiger partial charge in [-0.05, 0) is 86.8 Å². The normalized spacial score (nSPS) is 41.1. The van der Waals surface area contributed by atoms with Gasteiger partial charge in [-0.2, -0.15) is 0 Å². The van der Waals surface area contributed by atoms with Crippen molar-refractivity contribution in [2.24, 2.45) is 35.5 Å². The number of methoxy groups -OCH3 is 3. The number of fused-ring (bicyclic) bond motifs is 5. The molecule has 11 heteroatoms. The first-order valence-corrected chi connectivity index (χ1v) is 18.0. The smallest absolute Gasteiger partial charge is 0.306 e. The van der Waals surface area contributed by atoms with E-state index in [0.29, 0.717) is 31.3 Å². The number of Topliss-reactive ketones (excluding diaryl/α,β-unsaturated/α-hetero) is 1. The van der Waals surface area contributed by atoms with Crippen LogP contribution in [0, 0.1) is 35.5 Å². The molecule has 2 saturated heterocycles. The summed E-state index contributed by atoms with van der Waals surface area (Å²) in [7, 11) is 4.92. The summed E-state index contributed by atoms with van der Waals surface area (Å²) in [5, 5.41) is 3.09. The second kappa shape index (κ2) is 15.6. The molecule has 3 fully saturated rings. The van der Waals surface area contributed by atoms with Crippen molar-refractivity contribution < 1.29 is 47.2 Å². The number of hydrogen-bond donors (Lipinski definition) is 1. The number of rotatable bonds is 8. The van der Waals surface area contributed by atoms with E-state index in [1.54, 1.807) is 33.5 Å². The highest BCUT2D eigenvalue weighted by molar-refractivity contribution is 6.00. The van der Waals surface area contributed by atoms with E-state index in [-0.39, 0.29) is 90.0 Å². The van der Waals surface area contributed by atoms with E-state index in [4.69, 9.17) is 32.8 Å². The molecule has 6 rings (SSSR count). The van der Waals surface area contributed by atoms with Gasteiger partial charge in [0.2, 0.25) is 0 Å². The number of hydrogen-bond acceptors (Lipinski definition) is 10. The van der Waals surface area contributed by atoms with Crippen molar-refractivity contribution in [1.29, 1.82) is 0 Å². The summed E-state index contributed by atoms with van der Waals surface area (Å²) >= 11 is 0. The Bertz CT molecular complexity index is 1370. The van der Waals surface area contributed by atoms with Gasteiger partial charge in [-0.3, -0.25) is 14.4 Å². The van der Waals surface area contributed by atoms with Crippen molar-refractivity contribution in [2.45, 2.75) is 115 Å². The van der Waals surface area contributed by atoms with Crippen LogP contribution in [-0.4, -0.2) is 87.9 Å². The number of furan rings is 1. The summed E-state index contributed by atoms with van der Waals surface area (Å²) in [6, 6.07) is 2.90. The topological polar surface area (TPSA) is 132 Å². The first kappa shape index (κ1) is 36.0. The molecule has 1 amide bonds. The van der Waals surface area contributed by atoms with Crippen molar-refractivity contribution in [3.05, 3.63) is 48.0 Å². The predicted octanol–water partition coefficient (Wildman–Crippen LogP) is 5.04. The molecule has 0 spiro atoms. The fourth-order valence-corrected chi connectivity index (χ4v) is 9.18. The first-order valence-electron chi connectivity index (χ1n) is 18.0. The van der Waals surface area contributed by atoms with E-state index in [1.165, 1.54) is 6.26 Å². The molecular formula is C38H53NO10. The minimum Gasteiger partial charge on any atom is -0.462 e. The summed E-state index contributed by atoms with van der Waals surface area (Å²) in [6.45, 7) is 5.87. The Morgan fingerprint density at radius 2 is 1.76 bits per heavy atom. The van der Waals surface area contributed by atoms with Gasteiger partial charge in [-0.25, -0.2) is 0 Å². The van der Waals surface area contributed by atoms with Crippen LogP contribution in [0.1, 0.15) is 76.3 Å². The Morgan fingerprint density at radius 1 is 0.980 bits per heavy atom. The maximum Gasteiger partial charge on any atom is 0.306 e. The lowest BCUT2D eigenvalue weighted by molar-refractivity contribution is -0.314. The van der Waals surface area contributed by atoms with Gasteiger partial charge >= 0.3 is 5.97 Å². The van der Waals surface area contributed by atoms with Crippen molar-refractivity contribution in [2.75, 3.05) is 21.3 Å². The summed E-state index contributed by atoms with van der Waals surface area (Å²) in [6.07, 6.45) is 10.3. The van der Waals surface area contributed by atoms with Crippen molar-refractivity contribution in [1.82, 2.24) is 5.32 Å². The van der Waals surface area contributed by atoms with Crippen LogP contribution in [0.4, 0.5) is 0 Å². The van der Waals surface area contributed by atoms with Crippen LogP contribution in [0.5, 0.6) is 0 Å². The van der Waals surface area contributed by atoms with E-state index in [2.05, 4.69) is 23.5 Å². The highest BCUT2D eigenvalue weighted by Gasteiger charge is 2.52. The van der Waals surface area contributed by atoms with Crippen LogP contribution in [0.3, 0.4) is 0 Å². The SMILES string of the molecule is CC[C@H]1CCC[C@H](NC(=O)c2ccco2)[C@@H](C)C(=O)C2=C[C@@H]3[C@@H](C=C[C@@H]4C[C@@H](OC5OC(C)C(OC)C(OC)C5OC)C[C@@H]34)[C@@H]2CC(=O)O1. The number of allylic oxidation sites excluding steroid dienone is 4. The molecule has 5 aliphatic rings. The zero-order chi connectivity index (χ0) is 34.8. The third-order valence-electron chi connectivity index (χ3n) is 11.8. The largest absolute Gasteiger partial charge is 0.462 e. The lowest BCUT2D eigenvalue weighted by atomic mass is 9.70. The molecule has 0 aromatic carbocycles. The van der Waals surface area contributed by atoms with E-state index in [1.807, 2.05) is 20.8 Å². The number of ketones is 1. The molecule has 2 aliphatic heterocycles. The molecule has 0 bridgehead atoms. The monoisotopic (exact) mass is 683 g/mol. The van der Waals surface area contributed by atoms with Gasteiger partial charge in [0, 0.05) is 39.2 Å². The highest BCUT2D eigenvalue weighted by atomic mass is 16.7. The molecule has 3 heterocycles. The zero-order valence-corrected chi connectivity index (χ0v) is 29.6. The molecule has 1 saturated carbocycles. The second-order valence-electron chi connectivity index (χ2n) is 14.5. The average molecular weight is 684 g/mol. The fraction of sp³-hybridized carbons (Fsp3) is 0.711. The van der Waals surface area contributed by atoms with Crippen molar-refractivity contribution >= 4 is 17.7 Å². The quantitative estimate of drug-likeness (QED) is 0.294. The predicted molar refractivity (Wildman–Crippen MR) is 178 cm³/mol. The molecule has 11 nitrogen and oxygen atoms in total. The lowest BCUT2D eigenvalue weighted by Crippen LogP contribution is -2.59. The van der Waals surface area contributed by atoms with E-state index >= 15 is 0 Å². The first-order chi connectivity index (χ1) is 23.7. The van der Waals surface area contributed by atoms with Gasteiger partial charge in [0.05, 0.1) is 24.9 Å². The Morgan fingerprint density at radius 3 is 2.45 bits per heavy atom. The Balaban J connectivity index is 1.23. The van der Waals surface area contributed by atoms with Crippen LogP contribution < -0.4 is 5.32 Å². The van der Waals surface area contributed by atoms with Crippen LogP contribution in [0.25, 0.3) is 0 Å². The minimum atomic E-state index is -0.616. The van der Waals surface area contributed by atoms with Gasteiger partial charge in [-0.15, -0.1) is 0 Å². The molecule has 1 aromatic rings. The number of amides is 1. The summed E-state index contributed by atoms with van der Waals surface area (Å²) in [5.41, 5.74) is 0.678. The Kier molecular flexibility index (Phi) is 11.5. The maximum absolute atomic E-state index is 14.4. The van der Waals surface area contributed by atoms with E-state index in [0.717, 1.165) is 12.8 Å². The van der Waals surface area contributed by atoms with Gasteiger partial charge in [0.25, 0.3) is 5.91 Å². The van der Waals surface area contributed by atoms with Gasteiger partial charge in [-0.1, -0.05) is 32.1 Å². The number of carbonyl (C=O) groups is 3. The maximum atomic E-state index is 14.4. The summed E-state index contributed by atoms with van der Waals surface area (Å²) in [4.78, 5) is 40.9. The second-order valence-corrected chi connectivity index (χ2v) is 14.5. The molecule has 0 radical (unpaired) electrons. The summed E-state index contributed by atoms with van der Waals surface area (Å²) in [5.74, 6) is -0.611. The Labute approximate surface area is 289 Å². The Hall–Kier alpha value is -2.83. The highest BCUT2D eigenvalue weighted by Crippen LogP contribution is 2.54. The molecule has 1 N–H and O–H groups in total. The molecule has 14 atom stereocenters. The standard InChI is InChI=1S/C38H53NO10/c1-7-23-10-8-11-30(39-37(42)31-12-9-15-46-31)20(2)33(41)29-18-27-25(28(29)19-32(40)48-23)14-13-22-16-24(17-26(22)27)49-38-36(45-6)35(44-5)34(43-4)21(3)47-38/h9,12-15,18,20-28,30,34-36,38H,7-8,10-11,16-17,19H2,1-6H3,(H,39,42)/t20-,21?,22-,23+,24-,25-,26-,27-,28+,30+,34?,35?,36?,38?/m1/s1. The van der Waals surface area contributed by atoms with Crippen LogP contribution in [-0.2, 0) is 38.0 Å². The van der Waals surface area contributed by atoms with E-state index in [9.17, 15) is 14.4 Å². The third-order valence-corrected chi connectivity index (χ3v) is 11.8. The molecule has 1 aromatic heterocycles. The molecule has 3 aliphatic carbocycles. The van der Waals surface area contributed by atoms with Gasteiger partial charge in [0.1, 0.15) is 24.4 Å². The zero-order valence-electron chi connectivity index (χ0n) is 29.6. The molecule has 49 heavy (non-hydrogen) atoms. The molecular weight excluding hydrogens is 630 g/mol. The fourth-order valence-electron chi connectivity index (χ4n) is 9.18. The third kappa shape index (κ3) is 7.33. The van der Waals surface area contributed by atoms with Gasteiger partial charge in [0.15, 0.2) is 17.8 Å². The van der Waals surface area contributed by atoms with Crippen LogP contribution >= 0.6 is 0 Å². The number of nitrogens with one attached hydrogen (secondary N) is 1. The number of ether oxygens (including phenoxy) is 6. The number of carbonyl (C=O) groups excluding carboxylic acids is 3.